The molecule has 1 atom stereocenters. The predicted octanol–water partition coefficient (Wildman–Crippen LogP) is 9.31. The Morgan fingerprint density at radius 3 is 2.09 bits per heavy atom. The highest BCUT2D eigenvalue weighted by Crippen LogP contribution is 2.39. The van der Waals surface area contributed by atoms with Gasteiger partial charge in [-0.1, -0.05) is 63.3 Å². The summed E-state index contributed by atoms with van der Waals surface area (Å²) in [6.07, 6.45) is 3.41. The number of fused-ring (bicyclic) bond motifs is 1. The van der Waals surface area contributed by atoms with Gasteiger partial charge in [0.15, 0.2) is 0 Å². The van der Waals surface area contributed by atoms with Crippen LogP contribution in [0.5, 0.6) is 11.5 Å². The van der Waals surface area contributed by atoms with Crippen LogP contribution in [-0.2, 0) is 12.8 Å². The van der Waals surface area contributed by atoms with Gasteiger partial charge in [-0.2, -0.15) is 0 Å². The molecule has 0 aromatic heterocycles. The molecule has 0 aliphatic carbocycles. The number of aryl methyl sites for hydroxylation is 5. The van der Waals surface area contributed by atoms with Crippen molar-refractivity contribution in [1.82, 2.24) is 0 Å². The number of ether oxygens (including phenoxy) is 1. The van der Waals surface area contributed by atoms with E-state index in [0.717, 1.165) is 41.7 Å². The Kier molecular flexibility index (Phi) is 10.2. The third-order valence-corrected chi connectivity index (χ3v) is 6.88. The van der Waals surface area contributed by atoms with Gasteiger partial charge in [0.25, 0.3) is 0 Å². The minimum Gasteiger partial charge on any atom is -0.508 e. The van der Waals surface area contributed by atoms with E-state index < -0.39 is 0 Å². The number of aromatic hydroxyl groups is 1. The molecule has 35 heavy (non-hydrogen) atoms. The molecule has 0 saturated carbocycles. The topological polar surface area (TPSA) is 29.5 Å². The highest BCUT2D eigenvalue weighted by Gasteiger charge is 2.24. The normalized spacial score (nSPS) is 13.9. The zero-order valence-corrected chi connectivity index (χ0v) is 23.3. The van der Waals surface area contributed by atoms with Crippen LogP contribution < -0.4 is 4.74 Å². The van der Waals surface area contributed by atoms with Crippen molar-refractivity contribution in [2.75, 3.05) is 0 Å². The Hall–Kier alpha value is -3.00. The molecule has 1 aliphatic rings. The van der Waals surface area contributed by atoms with Crippen LogP contribution in [0, 0.1) is 34.6 Å². The molecule has 0 spiro atoms. The zero-order chi connectivity index (χ0) is 26.3. The third kappa shape index (κ3) is 6.78. The average molecular weight is 473 g/mol. The number of benzene rings is 3. The van der Waals surface area contributed by atoms with E-state index in [1.807, 2.05) is 39.8 Å². The van der Waals surface area contributed by atoms with Gasteiger partial charge < -0.3 is 9.84 Å². The second kappa shape index (κ2) is 12.6. The summed E-state index contributed by atoms with van der Waals surface area (Å²) in [7, 11) is 0. The minimum absolute atomic E-state index is 0.192. The van der Waals surface area contributed by atoms with Gasteiger partial charge in [-0.25, -0.2) is 0 Å². The summed E-state index contributed by atoms with van der Waals surface area (Å²) in [5, 5.41) is 9.20. The molecule has 2 heteroatoms. The van der Waals surface area contributed by atoms with E-state index in [1.165, 1.54) is 38.9 Å². The summed E-state index contributed by atoms with van der Waals surface area (Å²) in [4.78, 5) is 0. The van der Waals surface area contributed by atoms with Crippen molar-refractivity contribution in [2.24, 2.45) is 0 Å². The molecule has 0 unspecified atom stereocenters. The molecule has 3 aromatic carbocycles. The Morgan fingerprint density at radius 1 is 0.914 bits per heavy atom. The summed E-state index contributed by atoms with van der Waals surface area (Å²) in [6, 6.07) is 14.6. The summed E-state index contributed by atoms with van der Waals surface area (Å²) in [5.41, 5.74) is 12.5. The van der Waals surface area contributed by atoms with Crippen molar-refractivity contribution in [3.05, 3.63) is 99.1 Å². The van der Waals surface area contributed by atoms with E-state index in [-0.39, 0.29) is 6.10 Å². The first-order valence-corrected chi connectivity index (χ1v) is 12.9. The number of hydrogen-bond acceptors (Lipinski definition) is 2. The number of phenolic OH excluding ortho intramolecular Hbond substituents is 1. The zero-order valence-electron chi connectivity index (χ0n) is 23.3. The standard InChI is InChI=1S/C21H26O.C10H12O.C2H6/c1-6-19-13(2)7-8-17-9-10-20(22-21(17)19)18-11-14(3)16(5)15(4)12-18;1-7(2)9-4-5-10(11)8(3)6-9;1-2/h7-8,11-12,20H,6,9-10H2,1-5H3;4-6,11H,1H2,2-3H3;1-2H3/t20-;;/m0../s1. The molecule has 0 saturated heterocycles. The van der Waals surface area contributed by atoms with Gasteiger partial charge in [-0.15, -0.1) is 0 Å². The first kappa shape index (κ1) is 28.2. The number of rotatable bonds is 3. The molecule has 0 bridgehead atoms. The van der Waals surface area contributed by atoms with Gasteiger partial charge in [0.05, 0.1) is 0 Å². The Labute approximate surface area is 213 Å². The summed E-state index contributed by atoms with van der Waals surface area (Å²) in [5.74, 6) is 1.49. The lowest BCUT2D eigenvalue weighted by Gasteiger charge is -2.29. The van der Waals surface area contributed by atoms with Crippen molar-refractivity contribution in [3.63, 3.8) is 0 Å². The summed E-state index contributed by atoms with van der Waals surface area (Å²) < 4.78 is 6.47. The van der Waals surface area contributed by atoms with Crippen molar-refractivity contribution in [1.29, 1.82) is 0 Å². The van der Waals surface area contributed by atoms with Crippen LogP contribution in [0.15, 0.2) is 49.0 Å². The Bertz CT molecular complexity index is 1150. The Morgan fingerprint density at radius 2 is 1.54 bits per heavy atom. The van der Waals surface area contributed by atoms with Crippen LogP contribution in [0.1, 0.15) is 90.3 Å². The van der Waals surface area contributed by atoms with Gasteiger partial charge in [0.1, 0.15) is 17.6 Å². The molecular formula is C33H44O2. The van der Waals surface area contributed by atoms with E-state index >= 15 is 0 Å². The van der Waals surface area contributed by atoms with Gasteiger partial charge in [0, 0.05) is 0 Å². The maximum absolute atomic E-state index is 9.20. The largest absolute Gasteiger partial charge is 0.508 e. The fourth-order valence-electron chi connectivity index (χ4n) is 4.46. The molecule has 3 aromatic rings. The molecule has 0 fully saturated rings. The maximum Gasteiger partial charge on any atom is 0.126 e. The molecule has 0 radical (unpaired) electrons. The minimum atomic E-state index is 0.192. The highest BCUT2D eigenvalue weighted by molar-refractivity contribution is 5.63. The highest BCUT2D eigenvalue weighted by atomic mass is 16.5. The van der Waals surface area contributed by atoms with Crippen molar-refractivity contribution >= 4 is 5.57 Å². The van der Waals surface area contributed by atoms with Crippen LogP contribution in [-0.4, -0.2) is 5.11 Å². The predicted molar refractivity (Wildman–Crippen MR) is 152 cm³/mol. The first-order valence-electron chi connectivity index (χ1n) is 12.9. The molecule has 2 nitrogen and oxygen atoms in total. The molecule has 1 N–H and O–H groups in total. The molecule has 188 valence electrons. The van der Waals surface area contributed by atoms with E-state index in [4.69, 9.17) is 4.74 Å². The van der Waals surface area contributed by atoms with Crippen LogP contribution in [0.3, 0.4) is 0 Å². The van der Waals surface area contributed by atoms with E-state index in [0.29, 0.717) is 5.75 Å². The van der Waals surface area contributed by atoms with Crippen LogP contribution in [0.25, 0.3) is 5.57 Å². The number of phenols is 1. The molecule has 1 heterocycles. The smallest absolute Gasteiger partial charge is 0.126 e. The summed E-state index contributed by atoms with van der Waals surface area (Å²) in [6.45, 7) is 22.6. The fraction of sp³-hybridized carbons (Fsp3) is 0.394. The number of allylic oxidation sites excluding steroid dienone is 1. The van der Waals surface area contributed by atoms with E-state index in [2.05, 4.69) is 65.5 Å². The van der Waals surface area contributed by atoms with Gasteiger partial charge in [-0.05, 0) is 123 Å². The lowest BCUT2D eigenvalue weighted by Crippen LogP contribution is -2.17. The maximum atomic E-state index is 9.20. The lowest BCUT2D eigenvalue weighted by molar-refractivity contribution is 0.174. The monoisotopic (exact) mass is 472 g/mol. The molecule has 1 aliphatic heterocycles. The van der Waals surface area contributed by atoms with Gasteiger partial charge in [-0.3, -0.25) is 0 Å². The average Bonchev–Trinajstić information content (AvgIpc) is 2.85. The van der Waals surface area contributed by atoms with Crippen molar-refractivity contribution in [2.45, 2.75) is 87.7 Å². The second-order valence-electron chi connectivity index (χ2n) is 9.41. The number of hydrogen-bond donors (Lipinski definition) is 1. The van der Waals surface area contributed by atoms with Crippen LogP contribution >= 0.6 is 0 Å². The van der Waals surface area contributed by atoms with E-state index in [9.17, 15) is 5.11 Å². The van der Waals surface area contributed by atoms with Crippen molar-refractivity contribution < 1.29 is 9.84 Å². The van der Waals surface area contributed by atoms with Gasteiger partial charge >= 0.3 is 0 Å². The SMILES string of the molecule is C=C(C)c1ccc(O)c(C)c1.CC.CCc1c(C)ccc2c1O[C@H](c1cc(C)c(C)c(C)c1)CC2. The fourth-order valence-corrected chi connectivity index (χ4v) is 4.46. The molecular weight excluding hydrogens is 428 g/mol. The van der Waals surface area contributed by atoms with Gasteiger partial charge in [0.2, 0.25) is 0 Å². The van der Waals surface area contributed by atoms with Crippen LogP contribution in [0.2, 0.25) is 0 Å². The van der Waals surface area contributed by atoms with Crippen LogP contribution in [0.4, 0.5) is 0 Å². The van der Waals surface area contributed by atoms with Crippen molar-refractivity contribution in [3.8, 4) is 11.5 Å². The van der Waals surface area contributed by atoms with E-state index in [1.54, 1.807) is 6.07 Å². The lowest BCUT2D eigenvalue weighted by atomic mass is 9.91. The first-order chi connectivity index (χ1) is 16.6. The molecule has 4 rings (SSSR count). The quantitative estimate of drug-likeness (QED) is 0.411. The Balaban J connectivity index is 0.000000280. The summed E-state index contributed by atoms with van der Waals surface area (Å²) >= 11 is 0. The third-order valence-electron chi connectivity index (χ3n) is 6.88. The second-order valence-corrected chi connectivity index (χ2v) is 9.41. The molecule has 0 amide bonds.